The molecule has 0 aliphatic rings. The van der Waals surface area contributed by atoms with Crippen molar-refractivity contribution in [2.75, 3.05) is 12.3 Å². The lowest BCUT2D eigenvalue weighted by atomic mass is 10.1. The van der Waals surface area contributed by atoms with E-state index in [2.05, 4.69) is 31.3 Å². The van der Waals surface area contributed by atoms with Crippen molar-refractivity contribution in [2.45, 2.75) is 52.0 Å². The second-order valence-corrected chi connectivity index (χ2v) is 9.54. The monoisotopic (exact) mass is 460 g/mol. The van der Waals surface area contributed by atoms with E-state index in [-0.39, 0.29) is 11.8 Å². The van der Waals surface area contributed by atoms with Gasteiger partial charge in [0, 0.05) is 36.0 Å². The molecule has 168 valence electrons. The number of carbonyl (C=O) groups is 2. The summed E-state index contributed by atoms with van der Waals surface area (Å²) in [6.07, 6.45) is 0.972. The van der Waals surface area contributed by atoms with Crippen LogP contribution in [0.15, 0.2) is 54.6 Å². The first-order valence-electron chi connectivity index (χ1n) is 10.8. The molecule has 0 aliphatic carbocycles. The number of amides is 2. The minimum Gasteiger partial charge on any atom is -0.354 e. The number of benzene rings is 2. The van der Waals surface area contributed by atoms with Gasteiger partial charge in [0.1, 0.15) is 6.04 Å². The average Bonchev–Trinajstić information content (AvgIpc) is 2.77. The van der Waals surface area contributed by atoms with Crippen LogP contribution in [0.25, 0.3) is 0 Å². The average molecular weight is 461 g/mol. The molecule has 1 atom stereocenters. The van der Waals surface area contributed by atoms with Crippen molar-refractivity contribution in [1.29, 1.82) is 0 Å². The van der Waals surface area contributed by atoms with E-state index in [4.69, 9.17) is 11.6 Å². The van der Waals surface area contributed by atoms with Gasteiger partial charge in [0.05, 0.1) is 0 Å². The van der Waals surface area contributed by atoms with E-state index in [1.807, 2.05) is 49.4 Å². The number of nitrogens with zero attached hydrogens (tertiary/aromatic N) is 1. The Balaban J connectivity index is 2.04. The van der Waals surface area contributed by atoms with E-state index in [1.165, 1.54) is 5.56 Å². The maximum atomic E-state index is 13.2. The highest BCUT2D eigenvalue weighted by atomic mass is 35.5. The molecular formula is C25H33ClN2O2S. The third-order valence-corrected chi connectivity index (χ3v) is 6.19. The predicted molar refractivity (Wildman–Crippen MR) is 131 cm³/mol. The van der Waals surface area contributed by atoms with Gasteiger partial charge in [-0.25, -0.2) is 0 Å². The van der Waals surface area contributed by atoms with Crippen LogP contribution in [-0.2, 0) is 21.9 Å². The zero-order valence-electron chi connectivity index (χ0n) is 18.6. The fraction of sp³-hybridized carbons (Fsp3) is 0.440. The molecule has 2 aromatic carbocycles. The molecule has 0 saturated heterocycles. The molecule has 0 spiro atoms. The van der Waals surface area contributed by atoms with Gasteiger partial charge in [-0.05, 0) is 35.6 Å². The number of nitrogens with one attached hydrogen (secondary N) is 1. The van der Waals surface area contributed by atoms with Gasteiger partial charge in [0.25, 0.3) is 0 Å². The summed E-state index contributed by atoms with van der Waals surface area (Å²) in [5.41, 5.74) is 2.21. The predicted octanol–water partition coefficient (Wildman–Crippen LogP) is 5.54. The first-order chi connectivity index (χ1) is 14.9. The summed E-state index contributed by atoms with van der Waals surface area (Å²) in [6, 6.07) is 17.2. The molecule has 0 fully saturated rings. The normalized spacial score (nSPS) is 11.9. The Bertz CT molecular complexity index is 812. The summed E-state index contributed by atoms with van der Waals surface area (Å²) < 4.78 is 0. The van der Waals surface area contributed by atoms with Crippen molar-refractivity contribution in [3.05, 3.63) is 70.7 Å². The Morgan fingerprint density at radius 1 is 1.03 bits per heavy atom. The van der Waals surface area contributed by atoms with Gasteiger partial charge in [0.2, 0.25) is 11.8 Å². The maximum absolute atomic E-state index is 13.2. The maximum Gasteiger partial charge on any atom is 0.242 e. The third kappa shape index (κ3) is 8.96. The molecule has 2 aromatic rings. The summed E-state index contributed by atoms with van der Waals surface area (Å²) >= 11 is 7.75. The Morgan fingerprint density at radius 2 is 1.71 bits per heavy atom. The first-order valence-corrected chi connectivity index (χ1v) is 12.4. The van der Waals surface area contributed by atoms with Crippen LogP contribution >= 0.6 is 23.4 Å². The molecule has 0 unspecified atom stereocenters. The van der Waals surface area contributed by atoms with Gasteiger partial charge in [-0.1, -0.05) is 74.8 Å². The standard InChI is InChI=1S/C25H33ClN2O2S/c1-4-23(25(30)27-16-19(2)3)28(17-20-10-12-22(26)13-11-20)24(29)14-15-31-18-21-8-6-5-7-9-21/h5-13,19,23H,4,14-18H2,1-3H3,(H,27,30)/t23-/m0/s1. The number of thioether (sulfide) groups is 1. The summed E-state index contributed by atoms with van der Waals surface area (Å²) in [5, 5.41) is 3.65. The molecule has 6 heteroatoms. The lowest BCUT2D eigenvalue weighted by Crippen LogP contribution is -2.49. The van der Waals surface area contributed by atoms with Gasteiger partial charge in [-0.2, -0.15) is 11.8 Å². The van der Waals surface area contributed by atoms with Crippen molar-refractivity contribution < 1.29 is 9.59 Å². The van der Waals surface area contributed by atoms with Crippen LogP contribution in [0.3, 0.4) is 0 Å². The number of halogens is 1. The summed E-state index contributed by atoms with van der Waals surface area (Å²) in [4.78, 5) is 27.8. The van der Waals surface area contributed by atoms with Gasteiger partial charge in [-0.15, -0.1) is 0 Å². The van der Waals surface area contributed by atoms with Crippen LogP contribution in [0.2, 0.25) is 5.02 Å². The zero-order chi connectivity index (χ0) is 22.6. The topological polar surface area (TPSA) is 49.4 Å². The van der Waals surface area contributed by atoms with Crippen LogP contribution < -0.4 is 5.32 Å². The summed E-state index contributed by atoms with van der Waals surface area (Å²) in [5.74, 6) is 1.86. The summed E-state index contributed by atoms with van der Waals surface area (Å²) in [7, 11) is 0. The molecule has 2 rings (SSSR count). The van der Waals surface area contributed by atoms with E-state index in [0.717, 1.165) is 17.1 Å². The van der Waals surface area contributed by atoms with Crippen LogP contribution in [0.4, 0.5) is 0 Å². The Hall–Kier alpha value is -1.98. The van der Waals surface area contributed by atoms with Gasteiger partial charge < -0.3 is 10.2 Å². The van der Waals surface area contributed by atoms with Gasteiger partial charge >= 0.3 is 0 Å². The van der Waals surface area contributed by atoms with Crippen molar-refractivity contribution in [3.8, 4) is 0 Å². The zero-order valence-corrected chi connectivity index (χ0v) is 20.2. The SMILES string of the molecule is CC[C@@H](C(=O)NCC(C)C)N(Cc1ccc(Cl)cc1)C(=O)CCSCc1ccccc1. The first kappa shape index (κ1) is 25.3. The largest absolute Gasteiger partial charge is 0.354 e. The molecule has 0 saturated carbocycles. The number of hydrogen-bond donors (Lipinski definition) is 1. The number of carbonyl (C=O) groups excluding carboxylic acids is 2. The van der Waals surface area contributed by atoms with Crippen molar-refractivity contribution in [1.82, 2.24) is 10.2 Å². The molecule has 1 N–H and O–H groups in total. The quantitative estimate of drug-likeness (QED) is 0.423. The molecule has 2 amide bonds. The highest BCUT2D eigenvalue weighted by molar-refractivity contribution is 7.98. The van der Waals surface area contributed by atoms with Crippen LogP contribution in [0.1, 0.15) is 44.7 Å². The van der Waals surface area contributed by atoms with Gasteiger partial charge in [0.15, 0.2) is 0 Å². The fourth-order valence-corrected chi connectivity index (χ4v) is 4.21. The molecule has 31 heavy (non-hydrogen) atoms. The second kappa shape index (κ2) is 13.4. The molecule has 0 radical (unpaired) electrons. The lowest BCUT2D eigenvalue weighted by molar-refractivity contribution is -0.141. The minimum absolute atomic E-state index is 0.00191. The van der Waals surface area contributed by atoms with E-state index < -0.39 is 6.04 Å². The Kier molecular flexibility index (Phi) is 11.0. The van der Waals surface area contributed by atoms with Crippen molar-refractivity contribution in [3.63, 3.8) is 0 Å². The second-order valence-electron chi connectivity index (χ2n) is 8.00. The molecule has 0 heterocycles. The molecular weight excluding hydrogens is 428 g/mol. The molecule has 4 nitrogen and oxygen atoms in total. The molecule has 0 aromatic heterocycles. The van der Waals surface area contributed by atoms with Crippen LogP contribution in [-0.4, -0.2) is 35.1 Å². The smallest absolute Gasteiger partial charge is 0.242 e. The highest BCUT2D eigenvalue weighted by Gasteiger charge is 2.28. The highest BCUT2D eigenvalue weighted by Crippen LogP contribution is 2.18. The Morgan fingerprint density at radius 3 is 2.32 bits per heavy atom. The van der Waals surface area contributed by atoms with E-state index in [9.17, 15) is 9.59 Å². The minimum atomic E-state index is -0.485. The fourth-order valence-electron chi connectivity index (χ4n) is 3.20. The third-order valence-electron chi connectivity index (χ3n) is 4.91. The summed E-state index contributed by atoms with van der Waals surface area (Å²) in [6.45, 7) is 7.06. The van der Waals surface area contributed by atoms with Gasteiger partial charge in [-0.3, -0.25) is 9.59 Å². The van der Waals surface area contributed by atoms with E-state index >= 15 is 0 Å². The van der Waals surface area contributed by atoms with Crippen LogP contribution in [0, 0.1) is 5.92 Å². The molecule has 0 aliphatic heterocycles. The van der Waals surface area contributed by atoms with Crippen molar-refractivity contribution >= 4 is 35.2 Å². The Labute approximate surface area is 195 Å². The number of rotatable bonds is 12. The van der Waals surface area contributed by atoms with Crippen LogP contribution in [0.5, 0.6) is 0 Å². The molecule has 0 bridgehead atoms. The number of hydrogen-bond acceptors (Lipinski definition) is 3. The van der Waals surface area contributed by atoms with Crippen molar-refractivity contribution in [2.24, 2.45) is 5.92 Å². The lowest BCUT2D eigenvalue weighted by Gasteiger charge is -2.31. The van der Waals surface area contributed by atoms with E-state index in [1.54, 1.807) is 16.7 Å². The van der Waals surface area contributed by atoms with E-state index in [0.29, 0.717) is 36.9 Å².